The summed E-state index contributed by atoms with van der Waals surface area (Å²) in [4.78, 5) is -0.0316. The van der Waals surface area contributed by atoms with Gasteiger partial charge in [-0.15, -0.1) is 10.2 Å². The van der Waals surface area contributed by atoms with Gasteiger partial charge < -0.3 is 9.30 Å². The molecule has 0 fully saturated rings. The van der Waals surface area contributed by atoms with Crippen LogP contribution in [0.2, 0.25) is 0 Å². The predicted molar refractivity (Wildman–Crippen MR) is 85.1 cm³/mol. The van der Waals surface area contributed by atoms with Gasteiger partial charge in [0.1, 0.15) is 10.6 Å². The van der Waals surface area contributed by atoms with E-state index in [9.17, 15) is 21.6 Å². The van der Waals surface area contributed by atoms with Crippen molar-refractivity contribution in [3.63, 3.8) is 0 Å². The first-order valence-corrected chi connectivity index (χ1v) is 9.18. The van der Waals surface area contributed by atoms with Gasteiger partial charge in [0.15, 0.2) is 5.82 Å². The number of hydrogen-bond donors (Lipinski definition) is 0. The molecule has 1 atom stereocenters. The van der Waals surface area contributed by atoms with Crippen LogP contribution in [0.3, 0.4) is 0 Å². The lowest BCUT2D eigenvalue weighted by atomic mass is 10.2. The summed E-state index contributed by atoms with van der Waals surface area (Å²) in [6.07, 6.45) is -4.65. The van der Waals surface area contributed by atoms with Gasteiger partial charge in [0.2, 0.25) is 15.8 Å². The molecule has 0 aliphatic carbocycles. The van der Waals surface area contributed by atoms with Crippen molar-refractivity contribution in [2.75, 3.05) is 13.7 Å². The van der Waals surface area contributed by atoms with Gasteiger partial charge in [0.05, 0.1) is 13.2 Å². The molecule has 0 N–H and O–H groups in total. The zero-order valence-corrected chi connectivity index (χ0v) is 15.1. The molecule has 0 radical (unpaired) electrons. The van der Waals surface area contributed by atoms with Gasteiger partial charge in [-0.05, 0) is 31.5 Å². The highest BCUT2D eigenvalue weighted by molar-refractivity contribution is 7.89. The highest BCUT2D eigenvalue weighted by atomic mass is 32.2. The Balaban J connectivity index is 2.04. The first-order valence-electron chi connectivity index (χ1n) is 7.74. The van der Waals surface area contributed by atoms with Crippen LogP contribution < -0.4 is 4.74 Å². The third-order valence-corrected chi connectivity index (χ3v) is 6.28. The van der Waals surface area contributed by atoms with Crippen molar-refractivity contribution in [1.82, 2.24) is 19.1 Å². The summed E-state index contributed by atoms with van der Waals surface area (Å²) in [7, 11) is -2.64. The second-order valence-corrected chi connectivity index (χ2v) is 7.84. The second kappa shape index (κ2) is 6.23. The summed E-state index contributed by atoms with van der Waals surface area (Å²) < 4.78 is 72.4. The van der Waals surface area contributed by atoms with Crippen molar-refractivity contribution in [3.05, 3.63) is 35.4 Å². The van der Waals surface area contributed by atoms with E-state index in [1.54, 1.807) is 19.1 Å². The first kappa shape index (κ1) is 18.6. The van der Waals surface area contributed by atoms with Gasteiger partial charge >= 0.3 is 6.18 Å². The Hall–Kier alpha value is -2.14. The molecule has 0 spiro atoms. The summed E-state index contributed by atoms with van der Waals surface area (Å²) >= 11 is 0. The Morgan fingerprint density at radius 3 is 2.54 bits per heavy atom. The Morgan fingerprint density at radius 1 is 1.23 bits per heavy atom. The lowest BCUT2D eigenvalue weighted by Crippen LogP contribution is -2.42. The van der Waals surface area contributed by atoms with E-state index in [0.717, 1.165) is 14.4 Å². The molecule has 11 heteroatoms. The van der Waals surface area contributed by atoms with Crippen LogP contribution >= 0.6 is 0 Å². The summed E-state index contributed by atoms with van der Waals surface area (Å²) in [5.74, 6) is -0.992. The molecule has 3 rings (SSSR count). The van der Waals surface area contributed by atoms with Gasteiger partial charge in [0.25, 0.3) is 0 Å². The molecule has 1 aliphatic heterocycles. The SMILES string of the molecule is COc1ccc(C)cc1S(=O)(=O)N1CCn2c(nnc2C(F)(F)F)C1C. The fourth-order valence-corrected chi connectivity index (χ4v) is 4.84. The monoisotopic (exact) mass is 390 g/mol. The number of alkyl halides is 3. The van der Waals surface area contributed by atoms with Crippen LogP contribution in [0.15, 0.2) is 23.1 Å². The minimum Gasteiger partial charge on any atom is -0.495 e. The minimum absolute atomic E-state index is 0.0316. The van der Waals surface area contributed by atoms with E-state index in [2.05, 4.69) is 10.2 Å². The lowest BCUT2D eigenvalue weighted by Gasteiger charge is -2.33. The number of halogens is 3. The van der Waals surface area contributed by atoms with Gasteiger partial charge in [-0.1, -0.05) is 6.07 Å². The zero-order valence-electron chi connectivity index (χ0n) is 14.3. The minimum atomic E-state index is -4.65. The van der Waals surface area contributed by atoms with Gasteiger partial charge in [-0.3, -0.25) is 0 Å². The third kappa shape index (κ3) is 2.94. The van der Waals surface area contributed by atoms with Crippen LogP contribution in [-0.2, 0) is 22.7 Å². The molecular weight excluding hydrogens is 373 g/mol. The molecule has 0 bridgehead atoms. The van der Waals surface area contributed by atoms with E-state index < -0.39 is 28.1 Å². The number of methoxy groups -OCH3 is 1. The van der Waals surface area contributed by atoms with Crippen LogP contribution in [0.5, 0.6) is 5.75 Å². The van der Waals surface area contributed by atoms with Crippen molar-refractivity contribution < 1.29 is 26.3 Å². The number of benzene rings is 1. The maximum absolute atomic E-state index is 13.1. The molecule has 26 heavy (non-hydrogen) atoms. The van der Waals surface area contributed by atoms with Gasteiger partial charge in [-0.25, -0.2) is 8.42 Å². The fourth-order valence-electron chi connectivity index (χ4n) is 3.02. The van der Waals surface area contributed by atoms with E-state index in [1.165, 1.54) is 20.1 Å². The van der Waals surface area contributed by atoms with Crippen LogP contribution in [-0.4, -0.2) is 41.1 Å². The van der Waals surface area contributed by atoms with Crippen LogP contribution in [0.25, 0.3) is 0 Å². The average molecular weight is 390 g/mol. The highest BCUT2D eigenvalue weighted by Gasteiger charge is 2.43. The molecule has 1 aromatic heterocycles. The summed E-state index contributed by atoms with van der Waals surface area (Å²) in [6, 6.07) is 3.83. The van der Waals surface area contributed by atoms with Crippen molar-refractivity contribution in [2.24, 2.45) is 0 Å². The molecule has 0 saturated heterocycles. The number of aromatic nitrogens is 3. The normalized spacial score (nSPS) is 18.6. The number of nitrogens with zero attached hydrogens (tertiary/aromatic N) is 4. The van der Waals surface area contributed by atoms with Crippen molar-refractivity contribution in [1.29, 1.82) is 0 Å². The van der Waals surface area contributed by atoms with E-state index >= 15 is 0 Å². The Morgan fingerprint density at radius 2 is 1.92 bits per heavy atom. The lowest BCUT2D eigenvalue weighted by molar-refractivity contribution is -0.147. The van der Waals surface area contributed by atoms with Gasteiger partial charge in [-0.2, -0.15) is 17.5 Å². The number of fused-ring (bicyclic) bond motifs is 1. The topological polar surface area (TPSA) is 77.3 Å². The summed E-state index contributed by atoms with van der Waals surface area (Å²) in [5, 5.41) is 6.78. The number of rotatable bonds is 3. The Kier molecular flexibility index (Phi) is 4.47. The smallest absolute Gasteiger partial charge is 0.451 e. The van der Waals surface area contributed by atoms with Crippen LogP contribution in [0.1, 0.15) is 30.2 Å². The molecule has 0 amide bonds. The maximum atomic E-state index is 13.1. The molecular formula is C15H17F3N4O3S. The molecule has 0 saturated carbocycles. The first-order chi connectivity index (χ1) is 12.1. The molecule has 142 valence electrons. The van der Waals surface area contributed by atoms with Crippen LogP contribution in [0, 0.1) is 6.92 Å². The van der Waals surface area contributed by atoms with Crippen molar-refractivity contribution >= 4 is 10.0 Å². The standard InChI is InChI=1S/C15H17F3N4O3S/c1-9-4-5-11(25-3)12(8-9)26(23,24)22-7-6-21-13(10(22)2)19-20-14(21)15(16,17)18/h4-5,8,10H,6-7H2,1-3H3. The predicted octanol–water partition coefficient (Wildman–Crippen LogP) is 2.38. The molecule has 7 nitrogen and oxygen atoms in total. The number of ether oxygens (including phenoxy) is 1. The van der Waals surface area contributed by atoms with Gasteiger partial charge in [0, 0.05) is 13.1 Å². The van der Waals surface area contributed by atoms with Crippen molar-refractivity contribution in [2.45, 2.75) is 37.5 Å². The van der Waals surface area contributed by atoms with E-state index in [1.807, 2.05) is 0 Å². The van der Waals surface area contributed by atoms with E-state index in [0.29, 0.717) is 0 Å². The maximum Gasteiger partial charge on any atom is 0.451 e. The summed E-state index contributed by atoms with van der Waals surface area (Å²) in [6.45, 7) is 2.91. The number of aryl methyl sites for hydroxylation is 1. The molecule has 2 heterocycles. The third-order valence-electron chi connectivity index (χ3n) is 4.29. The number of sulfonamides is 1. The Bertz CT molecular complexity index is 940. The zero-order chi connectivity index (χ0) is 19.3. The largest absolute Gasteiger partial charge is 0.495 e. The molecule has 1 aliphatic rings. The summed E-state index contributed by atoms with van der Waals surface area (Å²) in [5.41, 5.74) is 0.719. The van der Waals surface area contributed by atoms with E-state index in [4.69, 9.17) is 4.74 Å². The Labute approximate surface area is 148 Å². The highest BCUT2D eigenvalue weighted by Crippen LogP contribution is 2.37. The average Bonchev–Trinajstić information content (AvgIpc) is 3.00. The van der Waals surface area contributed by atoms with Crippen molar-refractivity contribution in [3.8, 4) is 5.75 Å². The molecule has 1 unspecified atom stereocenters. The fraction of sp³-hybridized carbons (Fsp3) is 0.467. The quantitative estimate of drug-likeness (QED) is 0.804. The molecule has 2 aromatic rings. The molecule has 1 aromatic carbocycles. The second-order valence-electron chi connectivity index (χ2n) is 5.98. The number of hydrogen-bond acceptors (Lipinski definition) is 5. The van der Waals surface area contributed by atoms with Crippen LogP contribution in [0.4, 0.5) is 13.2 Å². The van der Waals surface area contributed by atoms with E-state index in [-0.39, 0.29) is 29.6 Å².